The Kier molecular flexibility index (Phi) is 4.76. The number of rotatable bonds is 4. The molecule has 0 radical (unpaired) electrons. The van der Waals surface area contributed by atoms with Gasteiger partial charge in [0.05, 0.1) is 22.8 Å². The molecule has 2 aromatic rings. The summed E-state index contributed by atoms with van der Waals surface area (Å²) in [5.41, 5.74) is 1.22. The van der Waals surface area contributed by atoms with Gasteiger partial charge in [0.2, 0.25) is 0 Å². The summed E-state index contributed by atoms with van der Waals surface area (Å²) in [6.07, 6.45) is 1.65. The van der Waals surface area contributed by atoms with Crippen molar-refractivity contribution in [3.05, 3.63) is 55.5 Å². The number of benzene rings is 1. The lowest BCUT2D eigenvalue weighted by molar-refractivity contribution is 0.0697. The Morgan fingerprint density at radius 1 is 1.42 bits per heavy atom. The minimum absolute atomic E-state index is 0.275. The molecule has 4 nitrogen and oxygen atoms in total. The van der Waals surface area contributed by atoms with E-state index in [1.807, 2.05) is 6.07 Å². The van der Waals surface area contributed by atoms with E-state index < -0.39 is 5.97 Å². The fourth-order valence-electron chi connectivity index (χ4n) is 1.42. The Bertz CT molecular complexity index is 600. The molecule has 1 heterocycles. The van der Waals surface area contributed by atoms with Crippen molar-refractivity contribution in [2.24, 2.45) is 4.99 Å². The van der Waals surface area contributed by atoms with Crippen LogP contribution in [-0.2, 0) is 6.54 Å². The third-order valence-electron chi connectivity index (χ3n) is 2.36. The van der Waals surface area contributed by atoms with E-state index in [-0.39, 0.29) is 5.56 Å². The number of furan rings is 1. The number of carboxylic acids is 1. The average Bonchev–Trinajstić information content (AvgIpc) is 2.69. The maximum Gasteiger partial charge on any atom is 0.335 e. The van der Waals surface area contributed by atoms with Crippen LogP contribution in [0.15, 0.2) is 44.2 Å². The van der Waals surface area contributed by atoms with Crippen molar-refractivity contribution in [2.45, 2.75) is 6.54 Å². The third kappa shape index (κ3) is 3.90. The van der Waals surface area contributed by atoms with Crippen LogP contribution in [0.25, 0.3) is 0 Å². The number of hydrogen-bond donors (Lipinski definition) is 1. The molecule has 98 valence electrons. The van der Waals surface area contributed by atoms with Crippen LogP contribution in [0.3, 0.4) is 0 Å². The van der Waals surface area contributed by atoms with Crippen molar-refractivity contribution in [2.75, 3.05) is 0 Å². The highest BCUT2D eigenvalue weighted by atomic mass is 127. The Morgan fingerprint density at radius 2 is 2.11 bits per heavy atom. The molecule has 0 aliphatic heterocycles. The topological polar surface area (TPSA) is 62.8 Å². The number of nitrogens with zero attached hydrogens (tertiary/aromatic N) is 1. The van der Waals surface area contributed by atoms with Crippen molar-refractivity contribution in [3.8, 4) is 0 Å². The van der Waals surface area contributed by atoms with Gasteiger partial charge in [-0.05, 0) is 33.6 Å². The van der Waals surface area contributed by atoms with Crippen molar-refractivity contribution < 1.29 is 14.3 Å². The molecule has 0 aliphatic rings. The molecule has 2 rings (SSSR count). The van der Waals surface area contributed by atoms with Crippen LogP contribution < -0.4 is 0 Å². The lowest BCUT2D eigenvalue weighted by Crippen LogP contribution is -1.95. The highest BCUT2D eigenvalue weighted by Gasteiger charge is 2.03. The molecule has 19 heavy (non-hydrogen) atoms. The molecule has 0 atom stereocenters. The molecule has 0 saturated carbocycles. The smallest absolute Gasteiger partial charge is 0.335 e. The second kappa shape index (κ2) is 6.33. The SMILES string of the molecule is O=C(O)c1ccc(CN=Cc2cc(Br)c(I)o2)cc1. The number of carbonyl (C=O) groups is 1. The first-order chi connectivity index (χ1) is 9.06. The molecule has 0 spiro atoms. The Balaban J connectivity index is 2.00. The van der Waals surface area contributed by atoms with E-state index in [0.717, 1.165) is 13.8 Å². The fraction of sp³-hybridized carbons (Fsp3) is 0.0769. The number of hydrogen-bond acceptors (Lipinski definition) is 3. The van der Waals surface area contributed by atoms with Crippen LogP contribution in [0, 0.1) is 3.77 Å². The summed E-state index contributed by atoms with van der Waals surface area (Å²) >= 11 is 5.44. The standard InChI is InChI=1S/C13H9BrINO3/c14-11-5-10(19-12(11)15)7-16-6-8-1-3-9(4-2-8)13(17)18/h1-5,7H,6H2,(H,17,18). The van der Waals surface area contributed by atoms with E-state index in [0.29, 0.717) is 12.3 Å². The molecule has 0 bridgehead atoms. The first-order valence-corrected chi connectivity index (χ1v) is 7.20. The van der Waals surface area contributed by atoms with Gasteiger partial charge in [0.15, 0.2) is 3.77 Å². The molecular weight excluding hydrogens is 425 g/mol. The zero-order valence-corrected chi connectivity index (χ0v) is 13.4. The lowest BCUT2D eigenvalue weighted by atomic mass is 10.1. The first kappa shape index (κ1) is 14.3. The summed E-state index contributed by atoms with van der Waals surface area (Å²) in [6, 6.07) is 8.49. The summed E-state index contributed by atoms with van der Waals surface area (Å²) in [5.74, 6) is -0.247. The Hall–Kier alpha value is -1.15. The largest absolute Gasteiger partial charge is 0.478 e. The second-order valence-corrected chi connectivity index (χ2v) is 5.58. The molecule has 6 heteroatoms. The number of carboxylic acid groups (broad SMARTS) is 1. The molecule has 0 aliphatic carbocycles. The van der Waals surface area contributed by atoms with E-state index in [1.54, 1.807) is 30.5 Å². The second-order valence-electron chi connectivity index (χ2n) is 3.74. The minimum atomic E-state index is -0.926. The summed E-state index contributed by atoms with van der Waals surface area (Å²) < 4.78 is 7.10. The zero-order valence-electron chi connectivity index (χ0n) is 9.64. The van der Waals surface area contributed by atoms with Crippen LogP contribution in [-0.4, -0.2) is 17.3 Å². The van der Waals surface area contributed by atoms with Gasteiger partial charge in [0.25, 0.3) is 0 Å². The quantitative estimate of drug-likeness (QED) is 0.586. The van der Waals surface area contributed by atoms with E-state index >= 15 is 0 Å². The van der Waals surface area contributed by atoms with Gasteiger partial charge >= 0.3 is 5.97 Å². The van der Waals surface area contributed by atoms with E-state index in [4.69, 9.17) is 9.52 Å². The predicted molar refractivity (Wildman–Crippen MR) is 83.8 cm³/mol. The van der Waals surface area contributed by atoms with E-state index in [9.17, 15) is 4.79 Å². The number of aromatic carboxylic acids is 1. The molecule has 1 N–H and O–H groups in total. The van der Waals surface area contributed by atoms with Gasteiger partial charge in [-0.15, -0.1) is 0 Å². The Labute approximate surface area is 131 Å². The van der Waals surface area contributed by atoms with Gasteiger partial charge in [-0.1, -0.05) is 12.1 Å². The fourth-order valence-corrected chi connectivity index (χ4v) is 2.14. The van der Waals surface area contributed by atoms with Gasteiger partial charge in [0, 0.05) is 28.7 Å². The number of aliphatic imine (C=N–C) groups is 1. The van der Waals surface area contributed by atoms with Crippen LogP contribution in [0.1, 0.15) is 21.7 Å². The highest BCUT2D eigenvalue weighted by Crippen LogP contribution is 2.22. The van der Waals surface area contributed by atoms with E-state index in [2.05, 4.69) is 43.5 Å². The lowest BCUT2D eigenvalue weighted by Gasteiger charge is -1.97. The molecule has 0 unspecified atom stereocenters. The van der Waals surface area contributed by atoms with Gasteiger partial charge < -0.3 is 9.52 Å². The number of halogens is 2. The normalized spacial score (nSPS) is 11.1. The van der Waals surface area contributed by atoms with Gasteiger partial charge in [-0.3, -0.25) is 4.99 Å². The van der Waals surface area contributed by atoms with Crippen molar-refractivity contribution in [1.29, 1.82) is 0 Å². The molecule has 1 aromatic heterocycles. The predicted octanol–water partition coefficient (Wildman–Crippen LogP) is 3.96. The van der Waals surface area contributed by atoms with Crippen LogP contribution in [0.2, 0.25) is 0 Å². The van der Waals surface area contributed by atoms with Gasteiger partial charge in [-0.25, -0.2) is 4.79 Å². The van der Waals surface area contributed by atoms with Gasteiger partial charge in [0.1, 0.15) is 5.76 Å². The van der Waals surface area contributed by atoms with Gasteiger partial charge in [-0.2, -0.15) is 0 Å². The summed E-state index contributed by atoms with van der Waals surface area (Å²) in [7, 11) is 0. The van der Waals surface area contributed by atoms with Crippen molar-refractivity contribution >= 4 is 50.7 Å². The molecule has 0 fully saturated rings. The Morgan fingerprint density at radius 3 is 2.63 bits per heavy atom. The first-order valence-electron chi connectivity index (χ1n) is 5.33. The summed E-state index contributed by atoms with van der Waals surface area (Å²) in [5, 5.41) is 8.78. The zero-order chi connectivity index (χ0) is 13.8. The maximum absolute atomic E-state index is 10.7. The monoisotopic (exact) mass is 433 g/mol. The molecule has 0 amide bonds. The van der Waals surface area contributed by atoms with Crippen LogP contribution in [0.4, 0.5) is 0 Å². The highest BCUT2D eigenvalue weighted by molar-refractivity contribution is 14.1. The average molecular weight is 434 g/mol. The summed E-state index contributed by atoms with van der Waals surface area (Å²) in [4.78, 5) is 14.9. The van der Waals surface area contributed by atoms with Crippen LogP contribution in [0.5, 0.6) is 0 Å². The van der Waals surface area contributed by atoms with E-state index in [1.165, 1.54) is 0 Å². The molecule has 1 aromatic carbocycles. The van der Waals surface area contributed by atoms with Crippen molar-refractivity contribution in [1.82, 2.24) is 0 Å². The van der Waals surface area contributed by atoms with Crippen molar-refractivity contribution in [3.63, 3.8) is 0 Å². The maximum atomic E-state index is 10.7. The molecular formula is C13H9BrINO3. The third-order valence-corrected chi connectivity index (χ3v) is 4.49. The molecule has 0 saturated heterocycles. The van der Waals surface area contributed by atoms with Crippen LogP contribution >= 0.6 is 38.5 Å². The minimum Gasteiger partial charge on any atom is -0.478 e. The summed E-state index contributed by atoms with van der Waals surface area (Å²) in [6.45, 7) is 0.481.